The van der Waals surface area contributed by atoms with Gasteiger partial charge in [-0.1, -0.05) is 13.3 Å². The van der Waals surface area contributed by atoms with E-state index in [1.807, 2.05) is 0 Å². The summed E-state index contributed by atoms with van der Waals surface area (Å²) < 4.78 is 2.42. The second-order valence-electron chi connectivity index (χ2n) is 6.45. The van der Waals surface area contributed by atoms with Crippen LogP contribution in [0.1, 0.15) is 76.5 Å². The summed E-state index contributed by atoms with van der Waals surface area (Å²) in [5.41, 5.74) is 0. The second-order valence-corrected chi connectivity index (χ2v) is 6.45. The van der Waals surface area contributed by atoms with E-state index in [0.29, 0.717) is 18.0 Å². The molecule has 0 bridgehead atoms. The van der Waals surface area contributed by atoms with E-state index in [1.165, 1.54) is 50.3 Å². The van der Waals surface area contributed by atoms with Crippen molar-refractivity contribution in [3.63, 3.8) is 0 Å². The molecule has 0 N–H and O–H groups in total. The molecule has 1 saturated heterocycles. The first-order chi connectivity index (χ1) is 9.18. The quantitative estimate of drug-likeness (QED) is 0.821. The van der Waals surface area contributed by atoms with Gasteiger partial charge in [0.05, 0.1) is 6.04 Å². The summed E-state index contributed by atoms with van der Waals surface area (Å²) >= 11 is 0. The summed E-state index contributed by atoms with van der Waals surface area (Å²) in [6.07, 6.45) is 6.42. The van der Waals surface area contributed by atoms with Crippen molar-refractivity contribution in [2.24, 2.45) is 0 Å². The predicted octanol–water partition coefficient (Wildman–Crippen LogP) is 3.11. The Morgan fingerprint density at radius 3 is 2.58 bits per heavy atom. The molecule has 4 heteroatoms. The molecule has 1 aromatic heterocycles. The minimum atomic E-state index is 0.486. The molecule has 2 aliphatic heterocycles. The fourth-order valence-electron chi connectivity index (χ4n) is 3.70. The number of rotatable bonds is 2. The van der Waals surface area contributed by atoms with Gasteiger partial charge >= 0.3 is 0 Å². The maximum atomic E-state index is 4.58. The Balaban J connectivity index is 1.92. The van der Waals surface area contributed by atoms with Crippen LogP contribution < -0.4 is 0 Å². The average molecular weight is 262 g/mol. The summed E-state index contributed by atoms with van der Waals surface area (Å²) in [7, 11) is 0. The number of piperidine rings is 1. The molecular weight excluding hydrogens is 236 g/mol. The minimum absolute atomic E-state index is 0.486. The van der Waals surface area contributed by atoms with Gasteiger partial charge in [-0.2, -0.15) is 0 Å². The third kappa shape index (κ3) is 2.31. The van der Waals surface area contributed by atoms with Gasteiger partial charge in [0.25, 0.3) is 0 Å². The van der Waals surface area contributed by atoms with Gasteiger partial charge in [-0.25, -0.2) is 0 Å². The van der Waals surface area contributed by atoms with Crippen LogP contribution >= 0.6 is 0 Å². The van der Waals surface area contributed by atoms with Gasteiger partial charge in [-0.05, 0) is 46.1 Å². The lowest BCUT2D eigenvalue weighted by Gasteiger charge is -2.38. The van der Waals surface area contributed by atoms with E-state index < -0.39 is 0 Å². The lowest BCUT2D eigenvalue weighted by molar-refractivity contribution is 0.102. The number of hydrogen-bond acceptors (Lipinski definition) is 3. The Bertz CT molecular complexity index is 437. The third-order valence-corrected chi connectivity index (χ3v) is 4.77. The van der Waals surface area contributed by atoms with E-state index in [-0.39, 0.29) is 0 Å². The highest BCUT2D eigenvalue weighted by Gasteiger charge is 2.32. The highest BCUT2D eigenvalue weighted by molar-refractivity contribution is 5.08. The highest BCUT2D eigenvalue weighted by atomic mass is 15.3. The van der Waals surface area contributed by atoms with Crippen LogP contribution in [0.5, 0.6) is 0 Å². The van der Waals surface area contributed by atoms with Crippen LogP contribution in [0.15, 0.2) is 0 Å². The van der Waals surface area contributed by atoms with Gasteiger partial charge in [-0.15, -0.1) is 10.2 Å². The maximum absolute atomic E-state index is 4.58. The Morgan fingerprint density at radius 1 is 1.00 bits per heavy atom. The van der Waals surface area contributed by atoms with Gasteiger partial charge in [0.1, 0.15) is 11.6 Å². The monoisotopic (exact) mass is 262 g/mol. The van der Waals surface area contributed by atoms with E-state index in [1.54, 1.807) is 0 Å². The molecule has 0 amide bonds. The van der Waals surface area contributed by atoms with Crippen LogP contribution in [0.25, 0.3) is 0 Å². The lowest BCUT2D eigenvalue weighted by atomic mass is 9.98. The van der Waals surface area contributed by atoms with Crippen LogP contribution in [0.2, 0.25) is 0 Å². The van der Waals surface area contributed by atoms with Crippen molar-refractivity contribution in [1.82, 2.24) is 19.7 Å². The van der Waals surface area contributed by atoms with Crippen molar-refractivity contribution in [2.45, 2.75) is 77.4 Å². The number of likely N-dealkylation sites (tertiary alicyclic amines) is 1. The van der Waals surface area contributed by atoms with Gasteiger partial charge in [0.15, 0.2) is 0 Å². The van der Waals surface area contributed by atoms with Gasteiger partial charge in [0.2, 0.25) is 0 Å². The smallest absolute Gasteiger partial charge is 0.150 e. The minimum Gasteiger partial charge on any atom is -0.313 e. The van der Waals surface area contributed by atoms with E-state index >= 15 is 0 Å². The van der Waals surface area contributed by atoms with Crippen molar-refractivity contribution in [3.8, 4) is 0 Å². The Morgan fingerprint density at radius 2 is 1.79 bits per heavy atom. The molecular formula is C15H26N4. The number of nitrogens with zero attached hydrogens (tertiary/aromatic N) is 4. The van der Waals surface area contributed by atoms with Crippen molar-refractivity contribution >= 4 is 0 Å². The number of aromatic nitrogens is 3. The first kappa shape index (κ1) is 13.1. The zero-order valence-corrected chi connectivity index (χ0v) is 12.5. The van der Waals surface area contributed by atoms with Crippen molar-refractivity contribution in [3.05, 3.63) is 11.6 Å². The Labute approximate surface area is 116 Å². The molecule has 106 valence electrons. The van der Waals surface area contributed by atoms with Crippen molar-refractivity contribution in [2.75, 3.05) is 6.54 Å². The van der Waals surface area contributed by atoms with Crippen LogP contribution in [0.4, 0.5) is 0 Å². The molecule has 2 atom stereocenters. The van der Waals surface area contributed by atoms with Crippen LogP contribution in [-0.2, 0) is 6.54 Å². The molecule has 4 nitrogen and oxygen atoms in total. The number of hydrogen-bond donors (Lipinski definition) is 0. The van der Waals surface area contributed by atoms with Gasteiger partial charge in [-0.3, -0.25) is 4.90 Å². The first-order valence-corrected chi connectivity index (χ1v) is 7.87. The summed E-state index contributed by atoms with van der Waals surface area (Å²) in [6, 6.07) is 1.08. The fourth-order valence-corrected chi connectivity index (χ4v) is 3.70. The molecule has 0 radical (unpaired) electrons. The Kier molecular flexibility index (Phi) is 3.61. The number of fused-ring (bicyclic) bond motifs is 1. The third-order valence-electron chi connectivity index (χ3n) is 4.77. The fraction of sp³-hybridized carbons (Fsp3) is 0.867. The molecule has 0 saturated carbocycles. The molecule has 3 rings (SSSR count). The topological polar surface area (TPSA) is 34.0 Å². The zero-order chi connectivity index (χ0) is 13.4. The lowest BCUT2D eigenvalue weighted by Crippen LogP contribution is -2.40. The van der Waals surface area contributed by atoms with E-state index in [4.69, 9.17) is 0 Å². The molecule has 1 fully saturated rings. The molecule has 2 unspecified atom stereocenters. The molecule has 2 aliphatic rings. The molecule has 0 aliphatic carbocycles. The van der Waals surface area contributed by atoms with Crippen molar-refractivity contribution in [1.29, 1.82) is 0 Å². The van der Waals surface area contributed by atoms with Gasteiger partial charge < -0.3 is 4.57 Å². The standard InChI is InChI=1S/C15H26N4/c1-11(2)18-9-5-4-8-13(18)15-17-16-14-12(3)7-6-10-19(14)15/h11-13H,4-10H2,1-3H3. The Hall–Kier alpha value is -0.900. The van der Waals surface area contributed by atoms with Gasteiger partial charge in [0, 0.05) is 18.5 Å². The van der Waals surface area contributed by atoms with E-state index in [9.17, 15) is 0 Å². The normalized spacial score (nSPS) is 28.6. The SMILES string of the molecule is CC1CCCn2c1nnc2C1CCCCN1C(C)C. The largest absolute Gasteiger partial charge is 0.313 e. The summed E-state index contributed by atoms with van der Waals surface area (Å²) in [4.78, 5) is 2.61. The second kappa shape index (κ2) is 5.23. The highest BCUT2D eigenvalue weighted by Crippen LogP contribution is 2.34. The van der Waals surface area contributed by atoms with Crippen LogP contribution in [0, 0.1) is 0 Å². The predicted molar refractivity (Wildman–Crippen MR) is 76.1 cm³/mol. The van der Waals surface area contributed by atoms with E-state index in [2.05, 4.69) is 40.4 Å². The summed E-state index contributed by atoms with van der Waals surface area (Å²) in [6.45, 7) is 9.21. The molecule has 0 spiro atoms. The molecule has 0 aromatic carbocycles. The molecule has 1 aromatic rings. The van der Waals surface area contributed by atoms with Crippen LogP contribution in [-0.4, -0.2) is 32.3 Å². The van der Waals surface area contributed by atoms with Crippen molar-refractivity contribution < 1.29 is 0 Å². The molecule has 3 heterocycles. The first-order valence-electron chi connectivity index (χ1n) is 7.87. The maximum Gasteiger partial charge on any atom is 0.150 e. The molecule has 19 heavy (non-hydrogen) atoms. The summed E-state index contributed by atoms with van der Waals surface area (Å²) in [5, 5.41) is 9.07. The summed E-state index contributed by atoms with van der Waals surface area (Å²) in [5.74, 6) is 3.02. The zero-order valence-electron chi connectivity index (χ0n) is 12.5. The average Bonchev–Trinajstić information content (AvgIpc) is 2.84. The van der Waals surface area contributed by atoms with Crippen LogP contribution in [0.3, 0.4) is 0 Å². The van der Waals surface area contributed by atoms with E-state index in [0.717, 1.165) is 6.54 Å².